The lowest BCUT2D eigenvalue weighted by molar-refractivity contribution is -0.231. The number of rotatable bonds is 5. The molecule has 1 aliphatic heterocycles. The Labute approximate surface area is 189 Å². The van der Waals surface area contributed by atoms with Crippen LogP contribution in [-0.2, 0) is 11.3 Å². The summed E-state index contributed by atoms with van der Waals surface area (Å²) in [4.78, 5) is 16.9. The number of fused-ring (bicyclic) bond motifs is 3. The molecule has 1 amide bonds. The minimum absolute atomic E-state index is 0.102. The molecule has 180 valence electrons. The fourth-order valence-electron chi connectivity index (χ4n) is 4.08. The summed E-state index contributed by atoms with van der Waals surface area (Å²) in [7, 11) is 0. The Morgan fingerprint density at radius 1 is 1.24 bits per heavy atom. The van der Waals surface area contributed by atoms with Gasteiger partial charge in [-0.1, -0.05) is 0 Å². The summed E-state index contributed by atoms with van der Waals surface area (Å²) < 4.78 is 66.7. The highest BCUT2D eigenvalue weighted by Crippen LogP contribution is 2.39. The van der Waals surface area contributed by atoms with Gasteiger partial charge in [-0.3, -0.25) is 4.79 Å². The maximum atomic E-state index is 14.7. The van der Waals surface area contributed by atoms with E-state index in [-0.39, 0.29) is 23.5 Å². The Kier molecular flexibility index (Phi) is 6.39. The van der Waals surface area contributed by atoms with E-state index in [2.05, 4.69) is 10.3 Å². The average Bonchev–Trinajstić information content (AvgIpc) is 3.14. The minimum Gasteiger partial charge on any atom is -0.488 e. The molecule has 1 fully saturated rings. The first-order chi connectivity index (χ1) is 15.5. The molecule has 0 saturated heterocycles. The highest BCUT2D eigenvalue weighted by atomic mass is 19.4. The molecule has 10 heteroatoms. The smallest absolute Gasteiger partial charge is 0.396 e. The van der Waals surface area contributed by atoms with Crippen molar-refractivity contribution in [2.75, 3.05) is 13.2 Å². The normalized spacial score (nSPS) is 20.9. The first-order valence-electron chi connectivity index (χ1n) is 11.0. The number of halogens is 4. The summed E-state index contributed by atoms with van der Waals surface area (Å²) >= 11 is 0. The summed E-state index contributed by atoms with van der Waals surface area (Å²) in [6.07, 6.45) is 0.879. The van der Waals surface area contributed by atoms with E-state index in [1.807, 2.05) is 4.57 Å². The second-order valence-corrected chi connectivity index (χ2v) is 9.30. The lowest BCUT2D eigenvalue weighted by Gasteiger charge is -2.33. The number of carbonyl (C=O) groups is 1. The monoisotopic (exact) mass is 469 g/mol. The topological polar surface area (TPSA) is 65.4 Å². The number of ether oxygens (including phenoxy) is 2. The van der Waals surface area contributed by atoms with Gasteiger partial charge in [0.15, 0.2) is 11.6 Å². The third kappa shape index (κ3) is 5.00. The fourth-order valence-corrected chi connectivity index (χ4v) is 4.08. The quantitative estimate of drug-likeness (QED) is 0.644. The van der Waals surface area contributed by atoms with Crippen LogP contribution in [0.15, 0.2) is 24.7 Å². The summed E-state index contributed by atoms with van der Waals surface area (Å²) in [6, 6.07) is 2.60. The van der Waals surface area contributed by atoms with Crippen LogP contribution in [0.5, 0.6) is 5.75 Å². The van der Waals surface area contributed by atoms with Crippen molar-refractivity contribution >= 4 is 5.91 Å². The van der Waals surface area contributed by atoms with Crippen LogP contribution in [-0.4, -0.2) is 47.0 Å². The van der Waals surface area contributed by atoms with E-state index < -0.39 is 29.9 Å². The van der Waals surface area contributed by atoms with Crippen LogP contribution in [0.1, 0.15) is 49.9 Å². The zero-order valence-electron chi connectivity index (χ0n) is 18.5. The van der Waals surface area contributed by atoms with Crippen molar-refractivity contribution in [2.24, 2.45) is 5.41 Å². The fraction of sp³-hybridized carbons (Fsp3) is 0.565. The van der Waals surface area contributed by atoms with Crippen molar-refractivity contribution in [1.82, 2.24) is 14.9 Å². The number of nitrogens with one attached hydrogen (secondary N) is 1. The Bertz CT molecular complexity index is 1010. The van der Waals surface area contributed by atoms with Gasteiger partial charge in [0.2, 0.25) is 0 Å². The van der Waals surface area contributed by atoms with E-state index in [0.717, 1.165) is 19.9 Å². The molecule has 1 aromatic carbocycles. The van der Waals surface area contributed by atoms with Gasteiger partial charge in [0, 0.05) is 17.2 Å². The zero-order valence-corrected chi connectivity index (χ0v) is 18.5. The predicted octanol–water partition coefficient (Wildman–Crippen LogP) is 4.73. The third-order valence-electron chi connectivity index (χ3n) is 6.33. The van der Waals surface area contributed by atoms with E-state index in [1.54, 1.807) is 18.6 Å². The molecule has 1 aromatic heterocycles. The second-order valence-electron chi connectivity index (χ2n) is 9.30. The summed E-state index contributed by atoms with van der Waals surface area (Å²) in [5.41, 5.74) is -0.586. The molecule has 33 heavy (non-hydrogen) atoms. The van der Waals surface area contributed by atoms with Gasteiger partial charge in [-0.05, 0) is 51.7 Å². The van der Waals surface area contributed by atoms with Crippen molar-refractivity contribution in [2.45, 2.75) is 64.4 Å². The summed E-state index contributed by atoms with van der Waals surface area (Å²) in [6.45, 7) is 2.67. The minimum atomic E-state index is -4.33. The standard InChI is InChI=1S/C23H27F4N3O3/c1-22(2,23(25,26)27)12-33-16-5-3-15(4-6-16)29-21(31)14-9-17-19-11-28-13-30(19)7-8-32-20(17)18(24)10-14/h9-11,13,15-16H,3-8,12H2,1-2H3,(H,29,31). The maximum Gasteiger partial charge on any atom is 0.396 e. The van der Waals surface area contributed by atoms with Crippen molar-refractivity contribution in [3.8, 4) is 17.0 Å². The van der Waals surface area contributed by atoms with Crippen molar-refractivity contribution in [3.05, 3.63) is 36.0 Å². The molecule has 0 unspecified atom stereocenters. The molecule has 2 aliphatic rings. The van der Waals surface area contributed by atoms with Gasteiger partial charge >= 0.3 is 6.18 Å². The first kappa shape index (κ1) is 23.5. The molecule has 0 spiro atoms. The number of hydrogen-bond donors (Lipinski definition) is 1. The summed E-state index contributed by atoms with van der Waals surface area (Å²) in [5.74, 6) is -0.920. The third-order valence-corrected chi connectivity index (χ3v) is 6.33. The van der Waals surface area contributed by atoms with Crippen LogP contribution in [0.4, 0.5) is 17.6 Å². The number of alkyl halides is 3. The Morgan fingerprint density at radius 3 is 2.67 bits per heavy atom. The molecule has 1 saturated carbocycles. The van der Waals surface area contributed by atoms with E-state index in [1.165, 1.54) is 0 Å². The van der Waals surface area contributed by atoms with Crippen molar-refractivity contribution in [3.63, 3.8) is 0 Å². The number of carbonyl (C=O) groups excluding carboxylic acids is 1. The molecular weight excluding hydrogens is 442 g/mol. The molecule has 1 N–H and O–H groups in total. The second kappa shape index (κ2) is 8.96. The van der Waals surface area contributed by atoms with E-state index in [9.17, 15) is 22.4 Å². The van der Waals surface area contributed by atoms with Crippen molar-refractivity contribution in [1.29, 1.82) is 0 Å². The molecule has 2 heterocycles. The number of amides is 1. The van der Waals surface area contributed by atoms with Gasteiger partial charge in [-0.15, -0.1) is 0 Å². The number of imidazole rings is 1. The molecular formula is C23H27F4N3O3. The van der Waals surface area contributed by atoms with Gasteiger partial charge < -0.3 is 19.4 Å². The van der Waals surface area contributed by atoms with E-state index >= 15 is 0 Å². The number of hydrogen-bond acceptors (Lipinski definition) is 4. The molecule has 1 aliphatic carbocycles. The molecule has 2 aromatic rings. The van der Waals surface area contributed by atoms with Gasteiger partial charge in [0.25, 0.3) is 5.91 Å². The van der Waals surface area contributed by atoms with Gasteiger partial charge in [-0.25, -0.2) is 9.37 Å². The zero-order chi connectivity index (χ0) is 23.8. The lowest BCUT2D eigenvalue weighted by Crippen LogP contribution is -2.41. The van der Waals surface area contributed by atoms with Gasteiger partial charge in [0.1, 0.15) is 6.61 Å². The number of aromatic nitrogens is 2. The van der Waals surface area contributed by atoms with Crippen LogP contribution in [0.2, 0.25) is 0 Å². The largest absolute Gasteiger partial charge is 0.488 e. The van der Waals surface area contributed by atoms with E-state index in [4.69, 9.17) is 9.47 Å². The van der Waals surface area contributed by atoms with E-state index in [0.29, 0.717) is 50.1 Å². The molecule has 0 bridgehead atoms. The highest BCUT2D eigenvalue weighted by Gasteiger charge is 2.47. The molecule has 0 radical (unpaired) electrons. The maximum absolute atomic E-state index is 14.7. The Hall–Kier alpha value is -2.62. The van der Waals surface area contributed by atoms with Gasteiger partial charge in [0.05, 0.1) is 42.9 Å². The number of nitrogens with zero attached hydrogens (tertiary/aromatic N) is 2. The van der Waals surface area contributed by atoms with Crippen LogP contribution < -0.4 is 10.1 Å². The van der Waals surface area contributed by atoms with Crippen molar-refractivity contribution < 1.29 is 31.8 Å². The summed E-state index contributed by atoms with van der Waals surface area (Å²) in [5, 5.41) is 2.92. The molecule has 4 rings (SSSR count). The predicted molar refractivity (Wildman–Crippen MR) is 112 cm³/mol. The van der Waals surface area contributed by atoms with Crippen LogP contribution in [0.3, 0.4) is 0 Å². The SMILES string of the molecule is CC(C)(COC1CCC(NC(=O)c2cc(F)c3c(c2)-c2cncn2CCO3)CC1)C(F)(F)F. The van der Waals surface area contributed by atoms with Crippen LogP contribution >= 0.6 is 0 Å². The lowest BCUT2D eigenvalue weighted by atomic mass is 9.91. The highest BCUT2D eigenvalue weighted by molar-refractivity contribution is 5.96. The van der Waals surface area contributed by atoms with Crippen LogP contribution in [0.25, 0.3) is 11.3 Å². The Morgan fingerprint density at radius 2 is 1.97 bits per heavy atom. The van der Waals surface area contributed by atoms with Crippen LogP contribution in [0, 0.1) is 11.2 Å². The first-order valence-corrected chi connectivity index (χ1v) is 11.0. The number of benzene rings is 1. The molecule has 6 nitrogen and oxygen atoms in total. The average molecular weight is 469 g/mol. The van der Waals surface area contributed by atoms with Gasteiger partial charge in [-0.2, -0.15) is 13.2 Å². The molecule has 0 atom stereocenters. The Balaban J connectivity index is 1.37.